The van der Waals surface area contributed by atoms with Gasteiger partial charge in [-0.25, -0.2) is 0 Å². The fraction of sp³-hybridized carbons (Fsp3) is 0.464. The van der Waals surface area contributed by atoms with Crippen molar-refractivity contribution in [3.05, 3.63) is 70.5 Å². The summed E-state index contributed by atoms with van der Waals surface area (Å²) in [5.74, 6) is -9.35. The Balaban J connectivity index is 2.38. The molecule has 3 rings (SSSR count). The molecule has 3 aliphatic rings. The first kappa shape index (κ1) is 28.3. The molecule has 0 radical (unpaired) electrons. The van der Waals surface area contributed by atoms with E-state index in [-0.39, 0.29) is 17.6 Å². The quantitative estimate of drug-likeness (QED) is 0.117. The van der Waals surface area contributed by atoms with Gasteiger partial charge in [0, 0.05) is 23.5 Å². The van der Waals surface area contributed by atoms with E-state index in [1.54, 1.807) is 32.1 Å². The Kier molecular flexibility index (Phi) is 7.07. The first-order chi connectivity index (χ1) is 17.1. The molecule has 5 atom stereocenters. The van der Waals surface area contributed by atoms with Crippen molar-refractivity contribution in [3.63, 3.8) is 0 Å². The second-order valence-corrected chi connectivity index (χ2v) is 10.1. The summed E-state index contributed by atoms with van der Waals surface area (Å²) in [6, 6.07) is 0. The molecule has 0 aromatic rings. The molecule has 0 unspecified atom stereocenters. The molecule has 0 spiro atoms. The lowest BCUT2D eigenvalue weighted by atomic mass is 9.52. The van der Waals surface area contributed by atoms with Crippen molar-refractivity contribution < 1.29 is 44.7 Å². The minimum atomic E-state index is -2.95. The zero-order valence-electron chi connectivity index (χ0n) is 21.8. The van der Waals surface area contributed by atoms with Crippen molar-refractivity contribution in [1.82, 2.24) is 0 Å². The van der Waals surface area contributed by atoms with Gasteiger partial charge >= 0.3 is 0 Å². The summed E-state index contributed by atoms with van der Waals surface area (Å²) in [7, 11) is 0. The van der Waals surface area contributed by atoms with Crippen LogP contribution in [0.5, 0.6) is 0 Å². The molecule has 1 saturated carbocycles. The Labute approximate surface area is 215 Å². The monoisotopic (exact) mass is 514 g/mol. The first-order valence-corrected chi connectivity index (χ1v) is 12.0. The molecule has 200 valence electrons. The Bertz CT molecular complexity index is 1240. The Hall–Kier alpha value is -3.27. The molecule has 1 heterocycles. The molecule has 9 nitrogen and oxygen atoms in total. The zero-order chi connectivity index (χ0) is 28.1. The van der Waals surface area contributed by atoms with Crippen LogP contribution in [0.3, 0.4) is 0 Å². The number of hydrogen-bond acceptors (Lipinski definition) is 9. The molecule has 0 amide bonds. The van der Waals surface area contributed by atoms with Crippen molar-refractivity contribution in [3.8, 4) is 0 Å². The first-order valence-electron chi connectivity index (χ1n) is 12.0. The van der Waals surface area contributed by atoms with E-state index in [0.29, 0.717) is 6.42 Å². The highest BCUT2D eigenvalue weighted by Gasteiger charge is 2.83. The van der Waals surface area contributed by atoms with Crippen LogP contribution in [-0.2, 0) is 19.1 Å². The van der Waals surface area contributed by atoms with Crippen molar-refractivity contribution in [2.75, 3.05) is 0 Å². The van der Waals surface area contributed by atoms with Gasteiger partial charge in [-0.05, 0) is 54.0 Å². The Morgan fingerprint density at radius 3 is 2.22 bits per heavy atom. The lowest BCUT2D eigenvalue weighted by Gasteiger charge is -2.50. The largest absolute Gasteiger partial charge is 0.509 e. The molecule has 0 aromatic heterocycles. The highest BCUT2D eigenvalue weighted by molar-refractivity contribution is 6.28. The molecule has 37 heavy (non-hydrogen) atoms. The van der Waals surface area contributed by atoms with E-state index in [9.17, 15) is 39.9 Å². The number of ketones is 3. The second kappa shape index (κ2) is 9.24. The smallest absolute Gasteiger partial charge is 0.217 e. The third-order valence-electron chi connectivity index (χ3n) is 7.83. The minimum absolute atomic E-state index is 0.0670. The minimum Gasteiger partial charge on any atom is -0.509 e. The van der Waals surface area contributed by atoms with Gasteiger partial charge < -0.3 is 30.3 Å². The number of fused-ring (bicyclic) bond motifs is 3. The van der Waals surface area contributed by atoms with E-state index in [1.165, 1.54) is 32.9 Å². The molecular weight excluding hydrogens is 480 g/mol. The summed E-state index contributed by atoms with van der Waals surface area (Å²) in [5.41, 5.74) is -8.26. The van der Waals surface area contributed by atoms with Gasteiger partial charge in [0.2, 0.25) is 11.6 Å². The van der Waals surface area contributed by atoms with E-state index in [2.05, 4.69) is 0 Å². The van der Waals surface area contributed by atoms with Crippen molar-refractivity contribution in [1.29, 1.82) is 0 Å². The summed E-state index contributed by atoms with van der Waals surface area (Å²) in [5, 5.41) is 56.1. The summed E-state index contributed by atoms with van der Waals surface area (Å²) in [6.45, 7) is 8.28. The van der Waals surface area contributed by atoms with E-state index in [1.807, 2.05) is 0 Å². The molecule has 5 N–H and O–H groups in total. The van der Waals surface area contributed by atoms with Gasteiger partial charge in [0.05, 0.1) is 5.41 Å². The number of rotatable bonds is 6. The topological polar surface area (TPSA) is 162 Å². The van der Waals surface area contributed by atoms with Crippen LogP contribution in [-0.4, -0.2) is 59.9 Å². The zero-order valence-corrected chi connectivity index (χ0v) is 21.8. The molecule has 0 bridgehead atoms. The molecule has 9 heteroatoms. The average Bonchev–Trinajstić information content (AvgIpc) is 3.03. The number of allylic oxidation sites excluding steroid dienone is 7. The van der Waals surface area contributed by atoms with E-state index < -0.39 is 68.5 Å². The van der Waals surface area contributed by atoms with Crippen LogP contribution in [0.15, 0.2) is 70.5 Å². The summed E-state index contributed by atoms with van der Waals surface area (Å²) >= 11 is 0. The highest BCUT2D eigenvalue weighted by atomic mass is 16.7. The lowest BCUT2D eigenvalue weighted by Crippen LogP contribution is -2.72. The summed E-state index contributed by atoms with van der Waals surface area (Å²) in [6.07, 6.45) is 9.38. The van der Waals surface area contributed by atoms with Crippen LogP contribution in [0.4, 0.5) is 0 Å². The van der Waals surface area contributed by atoms with Crippen molar-refractivity contribution in [2.24, 2.45) is 11.3 Å². The Morgan fingerprint density at radius 1 is 1.03 bits per heavy atom. The molecule has 0 aromatic carbocycles. The molecule has 1 aliphatic heterocycles. The standard InChI is InChI=1S/C28H34O9/c1-7-9-11-13-16(29)18-20(31)15(3)22(32)26(5)21(18)25(4)23(33)19(17(30)14-12-10-8-2)24(34)27(6,35)28(25,36)37-26/h7-10,12,14,21,30-32,35-36H,11,13H2,1-6H3/b9-7+,10-8+,14-12+,19-17-/t21-,25-,26+,27+,28-/m1/s1. The second-order valence-electron chi connectivity index (χ2n) is 10.1. The molecule has 1 saturated heterocycles. The number of aliphatic hydroxyl groups is 5. The van der Waals surface area contributed by atoms with E-state index in [4.69, 9.17) is 4.74 Å². The van der Waals surface area contributed by atoms with Gasteiger partial charge in [-0.2, -0.15) is 0 Å². The van der Waals surface area contributed by atoms with Crippen LogP contribution in [0.2, 0.25) is 0 Å². The SMILES string of the molecule is C/C=C/C=C/C(O)=C1/C(=O)[C@](C)(O)[C@]2(O)O[C@]3(C)C(O)=C(C)C(O)=C(C(=O)CC/C=C/C)[C@@H]3[C@]2(C)C1=O. The van der Waals surface area contributed by atoms with Crippen LogP contribution >= 0.6 is 0 Å². The number of Topliss-reactive ketones (excluding diaryl/α,β-unsaturated/α-hetero) is 3. The number of aliphatic hydroxyl groups excluding tert-OH is 3. The third kappa shape index (κ3) is 3.59. The number of ether oxygens (including phenoxy) is 1. The van der Waals surface area contributed by atoms with Gasteiger partial charge in [0.25, 0.3) is 0 Å². The maximum atomic E-state index is 14.1. The van der Waals surface area contributed by atoms with E-state index in [0.717, 1.165) is 13.0 Å². The summed E-state index contributed by atoms with van der Waals surface area (Å²) in [4.78, 5) is 40.9. The molecule has 2 aliphatic carbocycles. The fourth-order valence-electron chi connectivity index (χ4n) is 5.82. The van der Waals surface area contributed by atoms with Crippen LogP contribution in [0.25, 0.3) is 0 Å². The summed E-state index contributed by atoms with van der Waals surface area (Å²) < 4.78 is 5.88. The van der Waals surface area contributed by atoms with Gasteiger partial charge in [0.1, 0.15) is 28.5 Å². The highest BCUT2D eigenvalue weighted by Crippen LogP contribution is 2.67. The Morgan fingerprint density at radius 2 is 1.65 bits per heavy atom. The lowest BCUT2D eigenvalue weighted by molar-refractivity contribution is -0.316. The van der Waals surface area contributed by atoms with Gasteiger partial charge in [-0.15, -0.1) is 0 Å². The van der Waals surface area contributed by atoms with Crippen molar-refractivity contribution in [2.45, 2.75) is 71.4 Å². The predicted octanol–water partition coefficient (Wildman–Crippen LogP) is 3.52. The van der Waals surface area contributed by atoms with Crippen molar-refractivity contribution >= 4 is 17.3 Å². The molecule has 2 fully saturated rings. The van der Waals surface area contributed by atoms with Gasteiger partial charge in [-0.1, -0.05) is 30.4 Å². The normalized spacial score (nSPS) is 37.8. The van der Waals surface area contributed by atoms with Crippen LogP contribution < -0.4 is 0 Å². The van der Waals surface area contributed by atoms with E-state index >= 15 is 0 Å². The third-order valence-corrected chi connectivity index (χ3v) is 7.83. The van der Waals surface area contributed by atoms with Crippen LogP contribution in [0.1, 0.15) is 54.4 Å². The number of carbonyl (C=O) groups is 3. The fourth-order valence-corrected chi connectivity index (χ4v) is 5.82. The predicted molar refractivity (Wildman–Crippen MR) is 134 cm³/mol. The maximum Gasteiger partial charge on any atom is 0.217 e. The van der Waals surface area contributed by atoms with Gasteiger partial charge in [0.15, 0.2) is 17.2 Å². The number of carbonyl (C=O) groups excluding carboxylic acids is 3. The van der Waals surface area contributed by atoms with Gasteiger partial charge in [-0.3, -0.25) is 14.4 Å². The molecular formula is C28H34O9. The maximum absolute atomic E-state index is 14.1. The van der Waals surface area contributed by atoms with Crippen LogP contribution in [0, 0.1) is 11.3 Å². The number of hydrogen-bond donors (Lipinski definition) is 5. The average molecular weight is 515 g/mol.